The second-order valence-electron chi connectivity index (χ2n) is 4.56. The van der Waals surface area contributed by atoms with Crippen molar-refractivity contribution in [1.29, 1.82) is 5.26 Å². The molecule has 0 fully saturated rings. The van der Waals surface area contributed by atoms with E-state index in [1.165, 1.54) is 0 Å². The van der Waals surface area contributed by atoms with Crippen LogP contribution < -0.4 is 5.32 Å². The number of benzene rings is 1. The largest absolute Gasteiger partial charge is 0.380 e. The molecule has 0 spiro atoms. The molecule has 1 rings (SSSR count). The molecule has 98 valence electrons. The van der Waals surface area contributed by atoms with E-state index in [2.05, 4.69) is 25.2 Å². The summed E-state index contributed by atoms with van der Waals surface area (Å²) >= 11 is 6.07. The summed E-state index contributed by atoms with van der Waals surface area (Å²) in [7, 11) is 0. The predicted octanol–water partition coefficient (Wildman–Crippen LogP) is 2.97. The zero-order valence-electron chi connectivity index (χ0n) is 10.9. The lowest BCUT2D eigenvalue weighted by Gasteiger charge is -2.09. The molecule has 0 heterocycles. The number of nitrogens with one attached hydrogen (secondary N) is 1. The molecular formula is C14H19ClN2O. The van der Waals surface area contributed by atoms with Crippen LogP contribution in [0.25, 0.3) is 0 Å². The smallest absolute Gasteiger partial charge is 0.0992 e. The van der Waals surface area contributed by atoms with Crippen LogP contribution in [0, 0.1) is 17.2 Å². The molecule has 0 amide bonds. The van der Waals surface area contributed by atoms with E-state index in [0.717, 1.165) is 18.7 Å². The van der Waals surface area contributed by atoms with Crippen molar-refractivity contribution in [2.75, 3.05) is 19.8 Å². The summed E-state index contributed by atoms with van der Waals surface area (Å²) in [6, 6.07) is 7.41. The first-order valence-electron chi connectivity index (χ1n) is 6.10. The fourth-order valence-electron chi connectivity index (χ4n) is 1.45. The van der Waals surface area contributed by atoms with Gasteiger partial charge in [0.1, 0.15) is 0 Å². The standard InChI is InChI=1S/C14H19ClN2O/c1-11(2)10-18-6-5-17-9-13-4-3-12(8-16)7-14(13)15/h3-4,7,11,17H,5-6,9-10H2,1-2H3. The van der Waals surface area contributed by atoms with Gasteiger partial charge in [0.15, 0.2) is 0 Å². The topological polar surface area (TPSA) is 45.0 Å². The SMILES string of the molecule is CC(C)COCCNCc1ccc(C#N)cc1Cl. The molecule has 1 N–H and O–H groups in total. The molecule has 0 radical (unpaired) electrons. The van der Waals surface area contributed by atoms with Crippen molar-refractivity contribution in [3.05, 3.63) is 34.3 Å². The summed E-state index contributed by atoms with van der Waals surface area (Å²) in [5, 5.41) is 12.6. The van der Waals surface area contributed by atoms with Crippen LogP contribution in [-0.4, -0.2) is 19.8 Å². The average Bonchev–Trinajstić information content (AvgIpc) is 2.34. The van der Waals surface area contributed by atoms with E-state index in [1.54, 1.807) is 12.1 Å². The molecule has 1 aromatic rings. The van der Waals surface area contributed by atoms with Gasteiger partial charge in [0.2, 0.25) is 0 Å². The maximum atomic E-state index is 8.73. The maximum absolute atomic E-state index is 8.73. The molecule has 0 aromatic heterocycles. The van der Waals surface area contributed by atoms with Gasteiger partial charge in [-0.15, -0.1) is 0 Å². The number of hydrogen-bond donors (Lipinski definition) is 1. The van der Waals surface area contributed by atoms with Crippen LogP contribution in [0.5, 0.6) is 0 Å². The summed E-state index contributed by atoms with van der Waals surface area (Å²) < 4.78 is 5.46. The first-order chi connectivity index (χ1) is 8.63. The van der Waals surface area contributed by atoms with E-state index in [1.807, 2.05) is 6.07 Å². The summed E-state index contributed by atoms with van der Waals surface area (Å²) in [5.41, 5.74) is 1.59. The molecular weight excluding hydrogens is 248 g/mol. The van der Waals surface area contributed by atoms with Crippen LogP contribution in [0.3, 0.4) is 0 Å². The monoisotopic (exact) mass is 266 g/mol. The molecule has 0 aliphatic heterocycles. The van der Waals surface area contributed by atoms with Crippen molar-refractivity contribution in [3.63, 3.8) is 0 Å². The number of halogens is 1. The maximum Gasteiger partial charge on any atom is 0.0992 e. The third-order valence-electron chi connectivity index (χ3n) is 2.37. The lowest BCUT2D eigenvalue weighted by molar-refractivity contribution is 0.111. The van der Waals surface area contributed by atoms with E-state index >= 15 is 0 Å². The molecule has 0 unspecified atom stereocenters. The number of nitrogens with zero attached hydrogens (tertiary/aromatic N) is 1. The summed E-state index contributed by atoms with van der Waals surface area (Å²) in [6.07, 6.45) is 0. The first kappa shape index (κ1) is 15.0. The minimum atomic E-state index is 0.568. The highest BCUT2D eigenvalue weighted by atomic mass is 35.5. The predicted molar refractivity (Wildman–Crippen MR) is 73.5 cm³/mol. The Bertz CT molecular complexity index is 413. The third kappa shape index (κ3) is 5.50. The van der Waals surface area contributed by atoms with Crippen LogP contribution in [0.2, 0.25) is 5.02 Å². The van der Waals surface area contributed by atoms with Gasteiger partial charge in [-0.25, -0.2) is 0 Å². The second-order valence-corrected chi connectivity index (χ2v) is 4.97. The van der Waals surface area contributed by atoms with Crippen molar-refractivity contribution < 1.29 is 4.74 Å². The van der Waals surface area contributed by atoms with Crippen molar-refractivity contribution in [2.45, 2.75) is 20.4 Å². The van der Waals surface area contributed by atoms with Crippen LogP contribution >= 0.6 is 11.6 Å². The zero-order chi connectivity index (χ0) is 13.4. The minimum absolute atomic E-state index is 0.568. The normalized spacial score (nSPS) is 10.6. The van der Waals surface area contributed by atoms with Crippen LogP contribution in [0.1, 0.15) is 25.0 Å². The van der Waals surface area contributed by atoms with Crippen molar-refractivity contribution in [2.24, 2.45) is 5.92 Å². The van der Waals surface area contributed by atoms with Crippen LogP contribution in [0.15, 0.2) is 18.2 Å². The lowest BCUT2D eigenvalue weighted by Crippen LogP contribution is -2.20. The molecule has 4 heteroatoms. The van der Waals surface area contributed by atoms with E-state index in [4.69, 9.17) is 21.6 Å². The molecule has 18 heavy (non-hydrogen) atoms. The average molecular weight is 267 g/mol. The number of ether oxygens (including phenoxy) is 1. The van der Waals surface area contributed by atoms with E-state index < -0.39 is 0 Å². The third-order valence-corrected chi connectivity index (χ3v) is 2.72. The zero-order valence-corrected chi connectivity index (χ0v) is 11.6. The molecule has 3 nitrogen and oxygen atoms in total. The van der Waals surface area contributed by atoms with Gasteiger partial charge in [-0.1, -0.05) is 31.5 Å². The molecule has 0 bridgehead atoms. The Morgan fingerprint density at radius 3 is 2.83 bits per heavy atom. The van der Waals surface area contributed by atoms with Crippen LogP contribution in [-0.2, 0) is 11.3 Å². The Balaban J connectivity index is 2.25. The lowest BCUT2D eigenvalue weighted by atomic mass is 10.1. The molecule has 0 saturated heterocycles. The molecule has 0 aliphatic carbocycles. The van der Waals surface area contributed by atoms with Crippen LogP contribution in [0.4, 0.5) is 0 Å². The highest BCUT2D eigenvalue weighted by Crippen LogP contribution is 2.17. The van der Waals surface area contributed by atoms with E-state index in [-0.39, 0.29) is 0 Å². The van der Waals surface area contributed by atoms with Gasteiger partial charge in [0, 0.05) is 24.7 Å². The van der Waals surface area contributed by atoms with Gasteiger partial charge in [-0.2, -0.15) is 5.26 Å². The molecule has 0 saturated carbocycles. The number of hydrogen-bond acceptors (Lipinski definition) is 3. The fraction of sp³-hybridized carbons (Fsp3) is 0.500. The number of nitriles is 1. The quantitative estimate of drug-likeness (QED) is 0.772. The Hall–Kier alpha value is -1.08. The second kappa shape index (κ2) is 8.10. The van der Waals surface area contributed by atoms with E-state index in [9.17, 15) is 0 Å². The molecule has 1 aromatic carbocycles. The van der Waals surface area contributed by atoms with Gasteiger partial charge in [-0.05, 0) is 23.6 Å². The van der Waals surface area contributed by atoms with Crippen molar-refractivity contribution in [3.8, 4) is 6.07 Å². The highest BCUT2D eigenvalue weighted by molar-refractivity contribution is 6.31. The van der Waals surface area contributed by atoms with Crippen molar-refractivity contribution in [1.82, 2.24) is 5.32 Å². The Labute approximate surface area is 114 Å². The molecule has 0 aliphatic rings. The van der Waals surface area contributed by atoms with Gasteiger partial charge in [0.25, 0.3) is 0 Å². The summed E-state index contributed by atoms with van der Waals surface area (Å²) in [4.78, 5) is 0. The van der Waals surface area contributed by atoms with Gasteiger partial charge < -0.3 is 10.1 Å². The van der Waals surface area contributed by atoms with Gasteiger partial charge in [-0.3, -0.25) is 0 Å². The van der Waals surface area contributed by atoms with E-state index in [0.29, 0.717) is 29.7 Å². The molecule has 0 atom stereocenters. The Kier molecular flexibility index (Phi) is 6.74. The minimum Gasteiger partial charge on any atom is -0.380 e. The van der Waals surface area contributed by atoms with Gasteiger partial charge in [0.05, 0.1) is 18.2 Å². The number of rotatable bonds is 7. The first-order valence-corrected chi connectivity index (χ1v) is 6.48. The fourth-order valence-corrected chi connectivity index (χ4v) is 1.69. The Morgan fingerprint density at radius 2 is 2.22 bits per heavy atom. The van der Waals surface area contributed by atoms with Gasteiger partial charge >= 0.3 is 0 Å². The summed E-state index contributed by atoms with van der Waals surface area (Å²) in [6.45, 7) is 7.23. The highest BCUT2D eigenvalue weighted by Gasteiger charge is 2.01. The van der Waals surface area contributed by atoms with Crippen molar-refractivity contribution >= 4 is 11.6 Å². The Morgan fingerprint density at radius 1 is 1.44 bits per heavy atom. The summed E-state index contributed by atoms with van der Waals surface area (Å²) in [5.74, 6) is 0.568.